The second-order valence-electron chi connectivity index (χ2n) is 6.97. The van der Waals surface area contributed by atoms with Gasteiger partial charge in [-0.05, 0) is 66.3 Å². The van der Waals surface area contributed by atoms with E-state index in [1.54, 1.807) is 10.6 Å². The van der Waals surface area contributed by atoms with Gasteiger partial charge in [-0.15, -0.1) is 10.2 Å². The van der Waals surface area contributed by atoms with Crippen LogP contribution < -0.4 is 10.6 Å². The fourth-order valence-corrected chi connectivity index (χ4v) is 4.93. The van der Waals surface area contributed by atoms with Crippen molar-refractivity contribution in [1.82, 2.24) is 25.1 Å². The first-order valence-electron chi connectivity index (χ1n) is 9.58. The summed E-state index contributed by atoms with van der Waals surface area (Å²) in [5, 5.41) is 21.4. The van der Waals surface area contributed by atoms with Crippen LogP contribution in [-0.2, 0) is 0 Å². The summed E-state index contributed by atoms with van der Waals surface area (Å²) in [6.07, 6.45) is 0. The largest absolute Gasteiger partial charge is 0.332 e. The van der Waals surface area contributed by atoms with Gasteiger partial charge in [0.05, 0.1) is 0 Å². The molecule has 0 radical (unpaired) electrons. The van der Waals surface area contributed by atoms with Crippen molar-refractivity contribution >= 4 is 71.9 Å². The monoisotopic (exact) mass is 522 g/mol. The predicted octanol–water partition coefficient (Wildman–Crippen LogP) is 5.20. The third-order valence-corrected chi connectivity index (χ3v) is 6.72. The van der Waals surface area contributed by atoms with E-state index in [1.807, 2.05) is 61.5 Å². The molecular weight excluding hydrogens is 508 g/mol. The van der Waals surface area contributed by atoms with Crippen molar-refractivity contribution in [3.8, 4) is 10.6 Å². The lowest BCUT2D eigenvalue weighted by molar-refractivity contribution is 0.0979. The average Bonchev–Trinajstić information content (AvgIpc) is 3.36. The van der Waals surface area contributed by atoms with Crippen molar-refractivity contribution in [2.45, 2.75) is 6.92 Å². The van der Waals surface area contributed by atoms with Gasteiger partial charge in [-0.2, -0.15) is 9.61 Å². The summed E-state index contributed by atoms with van der Waals surface area (Å²) in [7, 11) is 0. The Labute approximate surface area is 200 Å². The summed E-state index contributed by atoms with van der Waals surface area (Å²) < 4.78 is 2.66. The molecule has 0 fully saturated rings. The Morgan fingerprint density at radius 2 is 1.78 bits per heavy atom. The summed E-state index contributed by atoms with van der Waals surface area (Å²) >= 11 is 10.4. The third kappa shape index (κ3) is 3.88. The van der Waals surface area contributed by atoms with Gasteiger partial charge in [0.2, 0.25) is 4.96 Å². The topological polar surface area (TPSA) is 84.2 Å². The highest BCUT2D eigenvalue weighted by atomic mass is 79.9. The van der Waals surface area contributed by atoms with E-state index in [1.165, 1.54) is 11.3 Å². The summed E-state index contributed by atoms with van der Waals surface area (Å²) in [6, 6.07) is 19.0. The maximum Gasteiger partial charge on any atom is 0.258 e. The second-order valence-corrected chi connectivity index (χ2v) is 9.19. The van der Waals surface area contributed by atoms with Crippen LogP contribution in [0.25, 0.3) is 26.3 Å². The normalized spacial score (nSPS) is 11.1. The van der Waals surface area contributed by atoms with Gasteiger partial charge >= 0.3 is 0 Å². The van der Waals surface area contributed by atoms with Crippen LogP contribution in [0.15, 0.2) is 65.1 Å². The van der Waals surface area contributed by atoms with Crippen molar-refractivity contribution in [3.05, 3.63) is 76.5 Å². The van der Waals surface area contributed by atoms with Gasteiger partial charge in [0.1, 0.15) is 5.01 Å². The molecule has 0 bridgehead atoms. The zero-order valence-corrected chi connectivity index (χ0v) is 19.9. The SMILES string of the molecule is Cc1nnc2sc(-c3ccc(NC(=S)NC(=O)c4cccc5c(Br)cccc45)cc3)nn12. The van der Waals surface area contributed by atoms with Crippen LogP contribution in [-0.4, -0.2) is 30.8 Å². The number of thiocarbonyl (C=S) groups is 1. The van der Waals surface area contributed by atoms with Gasteiger partial charge in [-0.1, -0.05) is 51.5 Å². The van der Waals surface area contributed by atoms with E-state index >= 15 is 0 Å². The molecule has 0 unspecified atom stereocenters. The molecule has 0 saturated carbocycles. The van der Waals surface area contributed by atoms with Crippen LogP contribution in [0.2, 0.25) is 0 Å². The number of halogens is 1. The van der Waals surface area contributed by atoms with Gasteiger partial charge in [-0.3, -0.25) is 10.1 Å². The van der Waals surface area contributed by atoms with Crippen molar-refractivity contribution in [1.29, 1.82) is 0 Å². The van der Waals surface area contributed by atoms with E-state index in [-0.39, 0.29) is 11.0 Å². The van der Waals surface area contributed by atoms with Crippen LogP contribution in [0.4, 0.5) is 5.69 Å². The molecule has 0 aliphatic heterocycles. The molecule has 5 rings (SSSR count). The number of benzene rings is 3. The summed E-state index contributed by atoms with van der Waals surface area (Å²) in [6.45, 7) is 1.86. The highest BCUT2D eigenvalue weighted by Crippen LogP contribution is 2.27. The zero-order valence-electron chi connectivity index (χ0n) is 16.7. The number of aromatic nitrogens is 4. The maximum atomic E-state index is 12.8. The summed E-state index contributed by atoms with van der Waals surface area (Å²) in [4.78, 5) is 13.6. The minimum Gasteiger partial charge on any atom is -0.332 e. The number of aryl methyl sites for hydroxylation is 1. The number of rotatable bonds is 3. The van der Waals surface area contributed by atoms with Gasteiger partial charge in [0.15, 0.2) is 10.9 Å². The number of amides is 1. The fourth-order valence-electron chi connectivity index (χ4n) is 3.33. The number of nitrogens with zero attached hydrogens (tertiary/aromatic N) is 4. The Morgan fingerprint density at radius 3 is 2.56 bits per heavy atom. The molecule has 7 nitrogen and oxygen atoms in total. The standard InChI is InChI=1S/C22H15BrN6OS2/c1-12-26-27-22-29(12)28-20(32-22)13-8-10-14(11-9-13)24-21(31)25-19(30)17-6-2-5-16-15(17)4-3-7-18(16)23/h2-11H,1H3,(H2,24,25,30,31). The summed E-state index contributed by atoms with van der Waals surface area (Å²) in [5.41, 5.74) is 2.28. The molecule has 10 heteroatoms. The molecule has 1 amide bonds. The average molecular weight is 523 g/mol. The lowest BCUT2D eigenvalue weighted by Gasteiger charge is -2.11. The molecular formula is C22H15BrN6OS2. The third-order valence-electron chi connectivity index (χ3n) is 4.88. The molecule has 0 saturated heterocycles. The van der Waals surface area contributed by atoms with Crippen molar-refractivity contribution < 1.29 is 4.79 Å². The van der Waals surface area contributed by atoms with E-state index < -0.39 is 0 Å². The van der Waals surface area contributed by atoms with E-state index in [9.17, 15) is 4.79 Å². The Morgan fingerprint density at radius 1 is 1.03 bits per heavy atom. The van der Waals surface area contributed by atoms with E-state index in [0.717, 1.165) is 42.3 Å². The Hall–Kier alpha value is -3.21. The molecule has 0 spiro atoms. The zero-order chi connectivity index (χ0) is 22.2. The molecule has 0 aliphatic carbocycles. The Balaban J connectivity index is 1.29. The number of hydrogen-bond acceptors (Lipinski definition) is 6. The van der Waals surface area contributed by atoms with Crippen molar-refractivity contribution in [3.63, 3.8) is 0 Å². The molecule has 3 aromatic carbocycles. The summed E-state index contributed by atoms with van der Waals surface area (Å²) in [5.74, 6) is 0.485. The molecule has 2 heterocycles. The second kappa shape index (κ2) is 8.38. The molecule has 2 N–H and O–H groups in total. The van der Waals surface area contributed by atoms with Crippen LogP contribution in [0.5, 0.6) is 0 Å². The maximum absolute atomic E-state index is 12.8. The molecule has 158 valence electrons. The predicted molar refractivity (Wildman–Crippen MR) is 134 cm³/mol. The first kappa shape index (κ1) is 20.7. The van der Waals surface area contributed by atoms with E-state index in [0.29, 0.717) is 5.56 Å². The number of fused-ring (bicyclic) bond motifs is 2. The van der Waals surface area contributed by atoms with Crippen LogP contribution in [0.1, 0.15) is 16.2 Å². The lowest BCUT2D eigenvalue weighted by Crippen LogP contribution is -2.34. The van der Waals surface area contributed by atoms with E-state index in [4.69, 9.17) is 12.2 Å². The van der Waals surface area contributed by atoms with Crippen molar-refractivity contribution in [2.75, 3.05) is 5.32 Å². The first-order valence-corrected chi connectivity index (χ1v) is 11.6. The van der Waals surface area contributed by atoms with E-state index in [2.05, 4.69) is 41.9 Å². The van der Waals surface area contributed by atoms with Crippen LogP contribution in [0, 0.1) is 6.92 Å². The van der Waals surface area contributed by atoms with Gasteiger partial charge in [0.25, 0.3) is 5.91 Å². The quantitative estimate of drug-likeness (QED) is 0.316. The van der Waals surface area contributed by atoms with Gasteiger partial charge in [-0.25, -0.2) is 0 Å². The lowest BCUT2D eigenvalue weighted by atomic mass is 10.0. The fraction of sp³-hybridized carbons (Fsp3) is 0.0455. The molecule has 0 atom stereocenters. The number of carbonyl (C=O) groups is 1. The number of hydrogen-bond donors (Lipinski definition) is 2. The molecule has 32 heavy (non-hydrogen) atoms. The first-order chi connectivity index (χ1) is 15.5. The van der Waals surface area contributed by atoms with Gasteiger partial charge in [0, 0.05) is 21.3 Å². The molecule has 0 aliphatic rings. The van der Waals surface area contributed by atoms with Crippen molar-refractivity contribution in [2.24, 2.45) is 0 Å². The number of anilines is 1. The van der Waals surface area contributed by atoms with Crippen LogP contribution in [0.3, 0.4) is 0 Å². The Bertz CT molecular complexity index is 1490. The highest BCUT2D eigenvalue weighted by Gasteiger charge is 2.13. The number of nitrogens with one attached hydrogen (secondary N) is 2. The molecule has 5 aromatic rings. The molecule has 2 aromatic heterocycles. The smallest absolute Gasteiger partial charge is 0.258 e. The van der Waals surface area contributed by atoms with Crippen LogP contribution >= 0.6 is 39.5 Å². The number of carbonyl (C=O) groups excluding carboxylic acids is 1. The minimum absolute atomic E-state index is 0.226. The highest BCUT2D eigenvalue weighted by molar-refractivity contribution is 9.10. The minimum atomic E-state index is -0.266. The Kier molecular flexibility index (Phi) is 5.41. The van der Waals surface area contributed by atoms with Gasteiger partial charge < -0.3 is 5.32 Å².